The molecule has 1 N–H and O–H groups in total. The van der Waals surface area contributed by atoms with Gasteiger partial charge in [0.2, 0.25) is 0 Å². The van der Waals surface area contributed by atoms with Gasteiger partial charge >= 0.3 is 6.16 Å². The second-order valence-electron chi connectivity index (χ2n) is 2.58. The maximum Gasteiger partial charge on any atom is 0.511 e. The highest BCUT2D eigenvalue weighted by atomic mass is 35.5. The van der Waals surface area contributed by atoms with Crippen molar-refractivity contribution in [2.24, 2.45) is 0 Å². The van der Waals surface area contributed by atoms with Crippen molar-refractivity contribution in [1.82, 2.24) is 0 Å². The first-order valence-electron chi connectivity index (χ1n) is 3.59. The summed E-state index contributed by atoms with van der Waals surface area (Å²) in [6, 6.07) is 0. The average molecular weight is 290 g/mol. The standard InChI is InChI=1S/C8H4Cl4O3/c1-2-3(9)5(11)6(12)7(4(2)10)15-8(13)14/h1H3,(H,13,14). The first kappa shape index (κ1) is 12.7. The molecule has 7 heteroatoms. The molecular weight excluding hydrogens is 286 g/mol. The topological polar surface area (TPSA) is 46.5 Å². The second-order valence-corrected chi connectivity index (χ2v) is 4.09. The number of carbonyl (C=O) groups is 1. The van der Waals surface area contributed by atoms with Crippen LogP contribution >= 0.6 is 46.4 Å². The van der Waals surface area contributed by atoms with E-state index in [1.807, 2.05) is 0 Å². The van der Waals surface area contributed by atoms with E-state index in [0.29, 0.717) is 5.56 Å². The van der Waals surface area contributed by atoms with Crippen molar-refractivity contribution >= 4 is 52.6 Å². The Hall–Kier alpha value is -0.350. The van der Waals surface area contributed by atoms with Crippen LogP contribution in [0.4, 0.5) is 4.79 Å². The number of carboxylic acid groups (broad SMARTS) is 1. The minimum atomic E-state index is -1.53. The number of hydrogen-bond donors (Lipinski definition) is 1. The molecular formula is C8H4Cl4O3. The SMILES string of the molecule is Cc1c(Cl)c(Cl)c(Cl)c(OC(=O)O)c1Cl. The van der Waals surface area contributed by atoms with Gasteiger partial charge in [-0.3, -0.25) is 0 Å². The summed E-state index contributed by atoms with van der Waals surface area (Å²) >= 11 is 23.1. The Kier molecular flexibility index (Phi) is 3.95. The monoisotopic (exact) mass is 288 g/mol. The Labute approximate surface area is 105 Å². The maximum atomic E-state index is 10.4. The fraction of sp³-hybridized carbons (Fsp3) is 0.125. The van der Waals surface area contributed by atoms with Gasteiger partial charge < -0.3 is 9.84 Å². The zero-order chi connectivity index (χ0) is 11.7. The summed E-state index contributed by atoms with van der Waals surface area (Å²) in [7, 11) is 0. The smallest absolute Gasteiger partial charge is 0.449 e. The van der Waals surface area contributed by atoms with Crippen molar-refractivity contribution in [3.8, 4) is 5.75 Å². The zero-order valence-corrected chi connectivity index (χ0v) is 10.3. The third-order valence-electron chi connectivity index (χ3n) is 1.63. The van der Waals surface area contributed by atoms with E-state index in [0.717, 1.165) is 0 Å². The van der Waals surface area contributed by atoms with Crippen LogP contribution in [0.25, 0.3) is 0 Å². The van der Waals surface area contributed by atoms with Crippen LogP contribution < -0.4 is 4.74 Å². The summed E-state index contributed by atoms with van der Waals surface area (Å²) in [5.74, 6) is -0.210. The normalized spacial score (nSPS) is 10.2. The molecule has 82 valence electrons. The van der Waals surface area contributed by atoms with E-state index in [1.54, 1.807) is 6.92 Å². The van der Waals surface area contributed by atoms with Crippen molar-refractivity contribution in [2.45, 2.75) is 6.92 Å². The Balaban J connectivity index is 3.45. The number of benzene rings is 1. The van der Waals surface area contributed by atoms with Gasteiger partial charge in [-0.2, -0.15) is 0 Å². The molecule has 0 atom stereocenters. The van der Waals surface area contributed by atoms with Gasteiger partial charge in [0.25, 0.3) is 0 Å². The molecule has 0 spiro atoms. The van der Waals surface area contributed by atoms with Crippen molar-refractivity contribution in [2.75, 3.05) is 0 Å². The number of ether oxygens (including phenoxy) is 1. The van der Waals surface area contributed by atoms with Gasteiger partial charge in [-0.1, -0.05) is 46.4 Å². The maximum absolute atomic E-state index is 10.4. The van der Waals surface area contributed by atoms with E-state index in [2.05, 4.69) is 4.74 Å². The van der Waals surface area contributed by atoms with E-state index in [4.69, 9.17) is 51.5 Å². The van der Waals surface area contributed by atoms with Crippen LogP contribution in [-0.4, -0.2) is 11.3 Å². The van der Waals surface area contributed by atoms with Gasteiger partial charge in [-0.15, -0.1) is 0 Å². The quantitative estimate of drug-likeness (QED) is 0.354. The molecule has 0 saturated heterocycles. The largest absolute Gasteiger partial charge is 0.511 e. The van der Waals surface area contributed by atoms with E-state index in [1.165, 1.54) is 0 Å². The summed E-state index contributed by atoms with van der Waals surface area (Å²) in [6.45, 7) is 1.57. The highest BCUT2D eigenvalue weighted by Gasteiger charge is 2.20. The van der Waals surface area contributed by atoms with Gasteiger partial charge in [0, 0.05) is 0 Å². The predicted molar refractivity (Wildman–Crippen MR) is 59.9 cm³/mol. The molecule has 0 heterocycles. The third kappa shape index (κ3) is 2.42. The summed E-state index contributed by atoms with van der Waals surface area (Å²) < 4.78 is 4.40. The summed E-state index contributed by atoms with van der Waals surface area (Å²) in [4.78, 5) is 10.4. The van der Waals surface area contributed by atoms with E-state index < -0.39 is 6.16 Å². The number of halogens is 4. The molecule has 1 aromatic rings. The van der Waals surface area contributed by atoms with Gasteiger partial charge in [0.05, 0.1) is 15.1 Å². The summed E-state index contributed by atoms with van der Waals surface area (Å²) in [5.41, 5.74) is 0.406. The Morgan fingerprint density at radius 1 is 1.07 bits per heavy atom. The highest BCUT2D eigenvalue weighted by Crippen LogP contribution is 2.45. The lowest BCUT2D eigenvalue weighted by Gasteiger charge is -2.11. The molecule has 0 aliphatic heterocycles. The highest BCUT2D eigenvalue weighted by molar-refractivity contribution is 6.50. The molecule has 0 amide bonds. The Morgan fingerprint density at radius 2 is 1.60 bits per heavy atom. The Bertz CT molecular complexity index is 401. The van der Waals surface area contributed by atoms with Gasteiger partial charge in [-0.05, 0) is 12.5 Å². The molecule has 3 nitrogen and oxygen atoms in total. The predicted octanol–water partition coefficient (Wildman–Crippen LogP) is 4.67. The van der Waals surface area contributed by atoms with Crippen LogP contribution in [-0.2, 0) is 0 Å². The fourth-order valence-corrected chi connectivity index (χ4v) is 1.92. The van der Waals surface area contributed by atoms with Crippen molar-refractivity contribution in [3.63, 3.8) is 0 Å². The first-order valence-corrected chi connectivity index (χ1v) is 5.10. The molecule has 1 rings (SSSR count). The number of rotatable bonds is 1. The summed E-state index contributed by atoms with van der Waals surface area (Å²) in [6.07, 6.45) is -1.53. The minimum absolute atomic E-state index is 0.0106. The van der Waals surface area contributed by atoms with Crippen molar-refractivity contribution in [3.05, 3.63) is 25.7 Å². The van der Waals surface area contributed by atoms with Crippen LogP contribution in [0.1, 0.15) is 5.56 Å². The van der Waals surface area contributed by atoms with Gasteiger partial charge in [0.15, 0.2) is 5.75 Å². The van der Waals surface area contributed by atoms with E-state index in [-0.39, 0.29) is 25.8 Å². The van der Waals surface area contributed by atoms with E-state index >= 15 is 0 Å². The molecule has 0 aliphatic rings. The Morgan fingerprint density at radius 3 is 2.07 bits per heavy atom. The molecule has 1 aromatic carbocycles. The molecule has 0 saturated carbocycles. The first-order chi connectivity index (χ1) is 6.86. The molecule has 0 aromatic heterocycles. The average Bonchev–Trinajstić information content (AvgIpc) is 2.18. The lowest BCUT2D eigenvalue weighted by molar-refractivity contribution is 0.144. The second kappa shape index (κ2) is 4.66. The molecule has 0 bridgehead atoms. The lowest BCUT2D eigenvalue weighted by Crippen LogP contribution is -2.05. The zero-order valence-electron chi connectivity index (χ0n) is 7.28. The van der Waals surface area contributed by atoms with E-state index in [9.17, 15) is 4.79 Å². The van der Waals surface area contributed by atoms with Crippen LogP contribution in [0.2, 0.25) is 20.1 Å². The molecule has 0 radical (unpaired) electrons. The lowest BCUT2D eigenvalue weighted by atomic mass is 10.2. The van der Waals surface area contributed by atoms with Gasteiger partial charge in [-0.25, -0.2) is 4.79 Å². The molecule has 15 heavy (non-hydrogen) atoms. The van der Waals surface area contributed by atoms with Crippen LogP contribution in [0, 0.1) is 6.92 Å². The van der Waals surface area contributed by atoms with Crippen LogP contribution in [0.15, 0.2) is 0 Å². The van der Waals surface area contributed by atoms with Crippen LogP contribution in [0.5, 0.6) is 5.75 Å². The van der Waals surface area contributed by atoms with Crippen LogP contribution in [0.3, 0.4) is 0 Å². The molecule has 0 fully saturated rings. The van der Waals surface area contributed by atoms with Crippen molar-refractivity contribution in [1.29, 1.82) is 0 Å². The van der Waals surface area contributed by atoms with Gasteiger partial charge in [0.1, 0.15) is 5.02 Å². The summed E-state index contributed by atoms with van der Waals surface area (Å²) in [5, 5.41) is 8.53. The van der Waals surface area contributed by atoms with Crippen molar-refractivity contribution < 1.29 is 14.6 Å². The molecule has 0 aliphatic carbocycles. The number of hydrogen-bond acceptors (Lipinski definition) is 2. The minimum Gasteiger partial charge on any atom is -0.449 e. The third-order valence-corrected chi connectivity index (χ3v) is 3.49. The fourth-order valence-electron chi connectivity index (χ4n) is 0.901. The molecule has 0 unspecified atom stereocenters.